The Balaban J connectivity index is 1.66. The molecular weight excluding hydrogens is 360 g/mol. The molecule has 1 aliphatic rings. The summed E-state index contributed by atoms with van der Waals surface area (Å²) in [6.45, 7) is 0.503. The zero-order valence-electron chi connectivity index (χ0n) is 15.6. The fourth-order valence-electron chi connectivity index (χ4n) is 3.43. The number of carbonyl (C=O) groups is 1. The van der Waals surface area contributed by atoms with Crippen molar-refractivity contribution < 1.29 is 13.2 Å². The number of nitrogens with zero attached hydrogens (tertiary/aromatic N) is 1. The molecule has 0 radical (unpaired) electrons. The highest BCUT2D eigenvalue weighted by molar-refractivity contribution is 7.89. The van der Waals surface area contributed by atoms with E-state index in [-0.39, 0.29) is 16.8 Å². The Labute approximate surface area is 161 Å². The first kappa shape index (κ1) is 19.6. The lowest BCUT2D eigenvalue weighted by Crippen LogP contribution is -2.36. The molecule has 2 aromatic carbocycles. The van der Waals surface area contributed by atoms with E-state index in [0.29, 0.717) is 12.1 Å². The lowest BCUT2D eigenvalue weighted by molar-refractivity contribution is 0.0785. The van der Waals surface area contributed by atoms with Crippen LogP contribution in [0.25, 0.3) is 0 Å². The second kappa shape index (κ2) is 8.67. The summed E-state index contributed by atoms with van der Waals surface area (Å²) in [5, 5.41) is 0. The maximum Gasteiger partial charge on any atom is 0.253 e. The average Bonchev–Trinajstić information content (AvgIpc) is 2.69. The van der Waals surface area contributed by atoms with Crippen LogP contribution in [0.2, 0.25) is 0 Å². The third-order valence-corrected chi connectivity index (χ3v) is 6.48. The Morgan fingerprint density at radius 2 is 1.63 bits per heavy atom. The first-order valence-electron chi connectivity index (χ1n) is 9.37. The summed E-state index contributed by atoms with van der Waals surface area (Å²) >= 11 is 0. The molecule has 0 bridgehead atoms. The molecule has 1 fully saturated rings. The molecule has 0 heterocycles. The van der Waals surface area contributed by atoms with Gasteiger partial charge in [0, 0.05) is 25.2 Å². The van der Waals surface area contributed by atoms with Crippen molar-refractivity contribution in [3.8, 4) is 0 Å². The van der Waals surface area contributed by atoms with Crippen molar-refractivity contribution in [2.24, 2.45) is 0 Å². The molecular formula is C21H26N2O3S. The normalized spacial score (nSPS) is 15.4. The number of rotatable bonds is 6. The number of hydrogen-bond acceptors (Lipinski definition) is 3. The molecule has 0 saturated heterocycles. The Kier molecular flexibility index (Phi) is 6.29. The summed E-state index contributed by atoms with van der Waals surface area (Å²) in [5.41, 5.74) is 1.52. The van der Waals surface area contributed by atoms with Crippen LogP contribution in [0.1, 0.15) is 48.0 Å². The van der Waals surface area contributed by atoms with Crippen LogP contribution in [-0.4, -0.2) is 32.3 Å². The van der Waals surface area contributed by atoms with E-state index in [4.69, 9.17) is 0 Å². The molecule has 5 nitrogen and oxygen atoms in total. The van der Waals surface area contributed by atoms with Crippen molar-refractivity contribution in [3.05, 3.63) is 65.7 Å². The van der Waals surface area contributed by atoms with Crippen LogP contribution in [-0.2, 0) is 16.6 Å². The molecule has 144 valence electrons. The Hall–Kier alpha value is -2.18. The first-order valence-corrected chi connectivity index (χ1v) is 10.9. The molecule has 3 rings (SSSR count). The zero-order chi connectivity index (χ0) is 19.3. The van der Waals surface area contributed by atoms with Gasteiger partial charge in [-0.15, -0.1) is 0 Å². The quantitative estimate of drug-likeness (QED) is 0.825. The molecule has 1 amide bonds. The van der Waals surface area contributed by atoms with Crippen LogP contribution >= 0.6 is 0 Å². The maximum absolute atomic E-state index is 12.6. The summed E-state index contributed by atoms with van der Waals surface area (Å²) in [5.74, 6) is -0.136. The van der Waals surface area contributed by atoms with Gasteiger partial charge in [0.25, 0.3) is 5.91 Å². The van der Waals surface area contributed by atoms with Crippen molar-refractivity contribution in [2.45, 2.75) is 49.6 Å². The largest absolute Gasteiger partial charge is 0.337 e. The Morgan fingerprint density at radius 3 is 2.26 bits per heavy atom. The van der Waals surface area contributed by atoms with Gasteiger partial charge >= 0.3 is 0 Å². The number of hydrogen-bond donors (Lipinski definition) is 1. The Bertz CT molecular complexity index is 858. The van der Waals surface area contributed by atoms with Gasteiger partial charge in [0.1, 0.15) is 0 Å². The fraction of sp³-hybridized carbons (Fsp3) is 0.381. The first-order chi connectivity index (χ1) is 13.0. The SMILES string of the molecule is CN(Cc1ccccc1)C(=O)c1ccc(S(=O)(=O)NC2CCCCC2)cc1. The molecule has 27 heavy (non-hydrogen) atoms. The van der Waals surface area contributed by atoms with E-state index < -0.39 is 10.0 Å². The highest BCUT2D eigenvalue weighted by Crippen LogP contribution is 2.20. The third-order valence-electron chi connectivity index (χ3n) is 4.95. The summed E-state index contributed by atoms with van der Waals surface area (Å²) in [6.07, 6.45) is 5.08. The highest BCUT2D eigenvalue weighted by atomic mass is 32.2. The van der Waals surface area contributed by atoms with Gasteiger partial charge in [0.2, 0.25) is 10.0 Å². The second-order valence-corrected chi connectivity index (χ2v) is 8.84. The smallest absolute Gasteiger partial charge is 0.253 e. The molecule has 0 aliphatic heterocycles. The summed E-state index contributed by atoms with van der Waals surface area (Å²) < 4.78 is 27.9. The van der Waals surface area contributed by atoms with Crippen LogP contribution in [0.15, 0.2) is 59.5 Å². The lowest BCUT2D eigenvalue weighted by Gasteiger charge is -2.22. The van der Waals surface area contributed by atoms with Crippen LogP contribution < -0.4 is 4.72 Å². The van der Waals surface area contributed by atoms with Crippen molar-refractivity contribution in [3.63, 3.8) is 0 Å². The van der Waals surface area contributed by atoms with Gasteiger partial charge in [0.15, 0.2) is 0 Å². The van der Waals surface area contributed by atoms with Gasteiger partial charge in [-0.25, -0.2) is 13.1 Å². The Morgan fingerprint density at radius 1 is 1.00 bits per heavy atom. The molecule has 0 aromatic heterocycles. The van der Waals surface area contributed by atoms with Crippen molar-refractivity contribution >= 4 is 15.9 Å². The predicted molar refractivity (Wildman–Crippen MR) is 106 cm³/mol. The monoisotopic (exact) mass is 386 g/mol. The van der Waals surface area contributed by atoms with Gasteiger partial charge in [-0.3, -0.25) is 4.79 Å². The number of benzene rings is 2. The van der Waals surface area contributed by atoms with Crippen molar-refractivity contribution in [2.75, 3.05) is 7.05 Å². The van der Waals surface area contributed by atoms with Crippen molar-refractivity contribution in [1.29, 1.82) is 0 Å². The predicted octanol–water partition coefficient (Wildman–Crippen LogP) is 3.57. The molecule has 6 heteroatoms. The summed E-state index contributed by atoms with van der Waals surface area (Å²) in [4.78, 5) is 14.4. The molecule has 0 spiro atoms. The molecule has 1 N–H and O–H groups in total. The summed E-state index contributed by atoms with van der Waals surface area (Å²) in [6, 6.07) is 15.9. The van der Waals surface area contributed by atoms with E-state index in [0.717, 1.165) is 31.2 Å². The van der Waals surface area contributed by atoms with E-state index in [2.05, 4.69) is 4.72 Å². The molecule has 1 aliphatic carbocycles. The summed E-state index contributed by atoms with van der Waals surface area (Å²) in [7, 11) is -1.81. The molecule has 1 saturated carbocycles. The number of nitrogens with one attached hydrogen (secondary N) is 1. The second-order valence-electron chi connectivity index (χ2n) is 7.13. The fourth-order valence-corrected chi connectivity index (χ4v) is 4.74. The zero-order valence-corrected chi connectivity index (χ0v) is 16.4. The highest BCUT2D eigenvalue weighted by Gasteiger charge is 2.22. The van der Waals surface area contributed by atoms with Crippen LogP contribution in [0.3, 0.4) is 0 Å². The van der Waals surface area contributed by atoms with Gasteiger partial charge in [-0.1, -0.05) is 49.6 Å². The van der Waals surface area contributed by atoms with E-state index in [9.17, 15) is 13.2 Å². The number of carbonyl (C=O) groups excluding carboxylic acids is 1. The minimum Gasteiger partial charge on any atom is -0.337 e. The maximum atomic E-state index is 12.6. The number of sulfonamides is 1. The minimum atomic E-state index is -3.55. The minimum absolute atomic E-state index is 0.0158. The van der Waals surface area contributed by atoms with Crippen LogP contribution in [0.4, 0.5) is 0 Å². The van der Waals surface area contributed by atoms with Gasteiger partial charge in [0.05, 0.1) is 4.90 Å². The standard InChI is InChI=1S/C21H26N2O3S/c1-23(16-17-8-4-2-5-9-17)21(24)18-12-14-20(15-13-18)27(25,26)22-19-10-6-3-7-11-19/h2,4-5,8-9,12-15,19,22H,3,6-7,10-11,16H2,1H3. The van der Waals surface area contributed by atoms with Crippen molar-refractivity contribution in [1.82, 2.24) is 9.62 Å². The van der Waals surface area contributed by atoms with Gasteiger partial charge in [-0.2, -0.15) is 0 Å². The van der Waals surface area contributed by atoms with E-state index >= 15 is 0 Å². The van der Waals surface area contributed by atoms with E-state index in [1.54, 1.807) is 24.1 Å². The van der Waals surface area contributed by atoms with E-state index in [1.165, 1.54) is 18.6 Å². The molecule has 2 aromatic rings. The van der Waals surface area contributed by atoms with Gasteiger partial charge in [-0.05, 0) is 42.7 Å². The lowest BCUT2D eigenvalue weighted by atomic mass is 9.96. The average molecular weight is 387 g/mol. The third kappa shape index (κ3) is 5.17. The van der Waals surface area contributed by atoms with Crippen LogP contribution in [0, 0.1) is 0 Å². The van der Waals surface area contributed by atoms with Gasteiger partial charge < -0.3 is 4.90 Å². The molecule has 0 atom stereocenters. The number of amides is 1. The van der Waals surface area contributed by atoms with E-state index in [1.807, 2.05) is 30.3 Å². The van der Waals surface area contributed by atoms with Crippen LogP contribution in [0.5, 0.6) is 0 Å². The molecule has 0 unspecified atom stereocenters. The topological polar surface area (TPSA) is 66.5 Å².